The Morgan fingerprint density at radius 1 is 1.15 bits per heavy atom. The summed E-state index contributed by atoms with van der Waals surface area (Å²) in [6.45, 7) is 3.74. The molecule has 3 rings (SSSR count). The van der Waals surface area contributed by atoms with Crippen molar-refractivity contribution in [2.24, 2.45) is 10.2 Å². The second kappa shape index (κ2) is 10.5. The van der Waals surface area contributed by atoms with Crippen LogP contribution in [0.4, 0.5) is 41.9 Å². The van der Waals surface area contributed by atoms with Gasteiger partial charge in [0.2, 0.25) is 0 Å². The highest BCUT2D eigenvalue weighted by Gasteiger charge is 2.31. The summed E-state index contributed by atoms with van der Waals surface area (Å²) >= 11 is 5.97. The largest absolute Gasteiger partial charge is 0.416 e. The molecule has 0 radical (unpaired) electrons. The lowest BCUT2D eigenvalue weighted by Crippen LogP contribution is -2.04. The van der Waals surface area contributed by atoms with Crippen molar-refractivity contribution >= 4 is 40.3 Å². The SMILES string of the molecule is CCCCc1ccc(Nc2nc(N)c(N=Nc3cc(C(F)(F)F)ccc3Cl)c(C)c2C#N)cc1. The molecule has 1 aromatic heterocycles. The lowest BCUT2D eigenvalue weighted by Gasteiger charge is -2.13. The molecule has 6 nitrogen and oxygen atoms in total. The van der Waals surface area contributed by atoms with Crippen molar-refractivity contribution in [1.29, 1.82) is 5.26 Å². The minimum atomic E-state index is -4.55. The van der Waals surface area contributed by atoms with Gasteiger partial charge in [0, 0.05) is 11.3 Å². The van der Waals surface area contributed by atoms with Gasteiger partial charge in [0.1, 0.15) is 17.4 Å². The fourth-order valence-electron chi connectivity index (χ4n) is 3.21. The van der Waals surface area contributed by atoms with Crippen molar-refractivity contribution < 1.29 is 13.2 Å². The van der Waals surface area contributed by atoms with Gasteiger partial charge in [-0.15, -0.1) is 10.2 Å². The molecule has 0 atom stereocenters. The average Bonchev–Trinajstić information content (AvgIpc) is 2.79. The molecule has 0 bridgehead atoms. The van der Waals surface area contributed by atoms with Crippen LogP contribution in [0.15, 0.2) is 52.7 Å². The number of nitrogens with zero attached hydrogens (tertiary/aromatic N) is 4. The van der Waals surface area contributed by atoms with Crippen molar-refractivity contribution in [1.82, 2.24) is 4.98 Å². The number of benzene rings is 2. The molecule has 0 aliphatic rings. The van der Waals surface area contributed by atoms with Crippen molar-refractivity contribution in [3.63, 3.8) is 0 Å². The van der Waals surface area contributed by atoms with E-state index >= 15 is 0 Å². The predicted molar refractivity (Wildman–Crippen MR) is 127 cm³/mol. The second-order valence-electron chi connectivity index (χ2n) is 7.60. The van der Waals surface area contributed by atoms with Crippen molar-refractivity contribution in [3.8, 4) is 6.07 Å². The van der Waals surface area contributed by atoms with Crippen LogP contribution in [-0.2, 0) is 12.6 Å². The molecule has 1 heterocycles. The molecular formula is C24H22ClF3N6. The van der Waals surface area contributed by atoms with Gasteiger partial charge in [-0.3, -0.25) is 0 Å². The molecule has 10 heteroatoms. The molecular weight excluding hydrogens is 465 g/mol. The summed E-state index contributed by atoms with van der Waals surface area (Å²) in [5.74, 6) is 0.209. The molecule has 176 valence electrons. The molecule has 3 aromatic rings. The van der Waals surface area contributed by atoms with Gasteiger partial charge in [0.05, 0.1) is 16.1 Å². The fraction of sp³-hybridized carbons (Fsp3) is 0.250. The number of nitrogen functional groups attached to an aromatic ring is 1. The van der Waals surface area contributed by atoms with Gasteiger partial charge < -0.3 is 11.1 Å². The molecule has 0 unspecified atom stereocenters. The zero-order valence-electron chi connectivity index (χ0n) is 18.5. The topological polar surface area (TPSA) is 99.4 Å². The Hall–Kier alpha value is -3.64. The third-order valence-corrected chi connectivity index (χ3v) is 5.44. The number of hydrogen-bond acceptors (Lipinski definition) is 6. The second-order valence-corrected chi connectivity index (χ2v) is 8.00. The number of anilines is 3. The Balaban J connectivity index is 1.91. The van der Waals surface area contributed by atoms with E-state index in [1.165, 1.54) is 5.56 Å². The number of unbranched alkanes of at least 4 members (excludes halogenated alkanes) is 1. The third-order valence-electron chi connectivity index (χ3n) is 5.12. The summed E-state index contributed by atoms with van der Waals surface area (Å²) < 4.78 is 39.0. The molecule has 0 amide bonds. The normalized spacial score (nSPS) is 11.6. The van der Waals surface area contributed by atoms with Crippen LogP contribution >= 0.6 is 11.6 Å². The number of nitriles is 1. The predicted octanol–water partition coefficient (Wildman–Crippen LogP) is 8.02. The highest BCUT2D eigenvalue weighted by molar-refractivity contribution is 6.33. The van der Waals surface area contributed by atoms with Crippen LogP contribution in [0.1, 0.15) is 42.0 Å². The molecule has 3 N–H and O–H groups in total. The van der Waals surface area contributed by atoms with Gasteiger partial charge in [-0.1, -0.05) is 37.1 Å². The van der Waals surface area contributed by atoms with Crippen LogP contribution in [0.25, 0.3) is 0 Å². The monoisotopic (exact) mass is 486 g/mol. The number of rotatable bonds is 7. The minimum Gasteiger partial charge on any atom is -0.382 e. The highest BCUT2D eigenvalue weighted by Crippen LogP contribution is 2.38. The number of aromatic nitrogens is 1. The van der Waals surface area contributed by atoms with E-state index in [0.29, 0.717) is 5.56 Å². The summed E-state index contributed by atoms with van der Waals surface area (Å²) in [6, 6.07) is 12.6. The summed E-state index contributed by atoms with van der Waals surface area (Å²) in [7, 11) is 0. The first-order chi connectivity index (χ1) is 16.1. The van der Waals surface area contributed by atoms with E-state index in [0.717, 1.165) is 43.1 Å². The maximum atomic E-state index is 13.0. The van der Waals surface area contributed by atoms with Gasteiger partial charge >= 0.3 is 6.18 Å². The smallest absolute Gasteiger partial charge is 0.382 e. The maximum Gasteiger partial charge on any atom is 0.416 e. The molecule has 0 saturated heterocycles. The van der Waals surface area contributed by atoms with Crippen LogP contribution in [0, 0.1) is 18.3 Å². The molecule has 0 fully saturated rings. The summed E-state index contributed by atoms with van der Waals surface area (Å²) in [5, 5.41) is 20.6. The van der Waals surface area contributed by atoms with Gasteiger partial charge in [-0.2, -0.15) is 18.4 Å². The molecule has 34 heavy (non-hydrogen) atoms. The number of alkyl halides is 3. The Kier molecular flexibility index (Phi) is 7.74. The minimum absolute atomic E-state index is 0.0119. The number of halogens is 4. The lowest BCUT2D eigenvalue weighted by molar-refractivity contribution is -0.137. The quantitative estimate of drug-likeness (QED) is 0.330. The Labute approximate surface area is 200 Å². The van der Waals surface area contributed by atoms with Crippen molar-refractivity contribution in [3.05, 3.63) is 69.7 Å². The van der Waals surface area contributed by atoms with Crippen LogP contribution in [0.2, 0.25) is 5.02 Å². The summed E-state index contributed by atoms with van der Waals surface area (Å²) in [4.78, 5) is 4.24. The molecule has 0 aliphatic carbocycles. The number of aryl methyl sites for hydroxylation is 1. The van der Waals surface area contributed by atoms with Crippen LogP contribution in [0.5, 0.6) is 0 Å². The number of hydrogen-bond donors (Lipinski definition) is 2. The van der Waals surface area contributed by atoms with E-state index in [-0.39, 0.29) is 33.6 Å². The van der Waals surface area contributed by atoms with Crippen molar-refractivity contribution in [2.45, 2.75) is 39.3 Å². The van der Waals surface area contributed by atoms with Gasteiger partial charge in [-0.05, 0) is 55.7 Å². The van der Waals surface area contributed by atoms with E-state index < -0.39 is 11.7 Å². The van der Waals surface area contributed by atoms with E-state index in [2.05, 4.69) is 33.5 Å². The van der Waals surface area contributed by atoms with Crippen LogP contribution < -0.4 is 11.1 Å². The standard InChI is InChI=1S/C24H22ClF3N6/c1-3-4-5-15-6-9-17(10-7-15)31-23-18(13-29)14(2)21(22(30)32-23)34-33-20-12-16(24(26,27)28)8-11-19(20)25/h6-12H,3-5H2,1-2H3,(H3,30,31,32). The third kappa shape index (κ3) is 5.83. The Morgan fingerprint density at radius 3 is 2.47 bits per heavy atom. The number of nitrogens with one attached hydrogen (secondary N) is 1. The Bertz CT molecular complexity index is 1250. The molecule has 2 aromatic carbocycles. The van der Waals surface area contributed by atoms with Crippen LogP contribution in [-0.4, -0.2) is 4.98 Å². The highest BCUT2D eigenvalue weighted by atomic mass is 35.5. The van der Waals surface area contributed by atoms with E-state index in [4.69, 9.17) is 17.3 Å². The summed E-state index contributed by atoms with van der Waals surface area (Å²) in [6.07, 6.45) is -1.36. The number of nitrogens with two attached hydrogens (primary N) is 1. The maximum absolute atomic E-state index is 13.0. The van der Waals surface area contributed by atoms with Crippen LogP contribution in [0.3, 0.4) is 0 Å². The van der Waals surface area contributed by atoms with E-state index in [1.54, 1.807) is 6.92 Å². The first-order valence-electron chi connectivity index (χ1n) is 10.5. The molecule has 0 saturated carbocycles. The van der Waals surface area contributed by atoms with Gasteiger partial charge in [0.15, 0.2) is 11.6 Å². The zero-order chi connectivity index (χ0) is 24.9. The molecule has 0 spiro atoms. The summed E-state index contributed by atoms with van der Waals surface area (Å²) in [5.41, 5.74) is 7.54. The Morgan fingerprint density at radius 2 is 1.85 bits per heavy atom. The average molecular weight is 487 g/mol. The van der Waals surface area contributed by atoms with Crippen molar-refractivity contribution in [2.75, 3.05) is 11.1 Å². The van der Waals surface area contributed by atoms with E-state index in [1.807, 2.05) is 24.3 Å². The lowest BCUT2D eigenvalue weighted by atomic mass is 10.1. The van der Waals surface area contributed by atoms with Gasteiger partial charge in [0.25, 0.3) is 0 Å². The fourth-order valence-corrected chi connectivity index (χ4v) is 3.37. The number of azo groups is 1. The van der Waals surface area contributed by atoms with Gasteiger partial charge in [-0.25, -0.2) is 4.98 Å². The molecule has 0 aliphatic heterocycles. The van der Waals surface area contributed by atoms with E-state index in [9.17, 15) is 18.4 Å². The number of pyridine rings is 1. The first kappa shape index (κ1) is 25.0. The first-order valence-corrected chi connectivity index (χ1v) is 10.9. The zero-order valence-corrected chi connectivity index (χ0v) is 19.3.